The first-order valence-electron chi connectivity index (χ1n) is 11.8. The molecule has 4 aromatic rings. The Bertz CT molecular complexity index is 1540. The summed E-state index contributed by atoms with van der Waals surface area (Å²) in [7, 11) is 0. The largest absolute Gasteiger partial charge is 0.464 e. The Labute approximate surface area is 206 Å². The van der Waals surface area contributed by atoms with Gasteiger partial charge in [0.2, 0.25) is 0 Å². The molecule has 35 heavy (non-hydrogen) atoms. The fourth-order valence-corrected chi connectivity index (χ4v) is 5.39. The van der Waals surface area contributed by atoms with Crippen molar-refractivity contribution in [1.82, 2.24) is 15.3 Å². The Morgan fingerprint density at radius 3 is 2.91 bits per heavy atom. The number of benzene rings is 2. The lowest BCUT2D eigenvalue weighted by molar-refractivity contribution is 0.109. The number of rotatable bonds is 3. The molecule has 0 amide bonds. The number of aromatic nitrogens is 2. The van der Waals surface area contributed by atoms with Gasteiger partial charge in [0, 0.05) is 5.69 Å². The number of aryl methyl sites for hydroxylation is 1. The van der Waals surface area contributed by atoms with Gasteiger partial charge in [-0.05, 0) is 62.3 Å². The molecule has 1 aliphatic carbocycles. The van der Waals surface area contributed by atoms with E-state index in [2.05, 4.69) is 15.3 Å². The molecule has 3 N–H and O–H groups in total. The van der Waals surface area contributed by atoms with Crippen LogP contribution >= 0.6 is 12.2 Å². The first-order chi connectivity index (χ1) is 17.0. The van der Waals surface area contributed by atoms with Crippen molar-refractivity contribution in [3.05, 3.63) is 70.3 Å². The van der Waals surface area contributed by atoms with Gasteiger partial charge >= 0.3 is 0 Å². The highest BCUT2D eigenvalue weighted by Crippen LogP contribution is 2.34. The Kier molecular flexibility index (Phi) is 5.38. The van der Waals surface area contributed by atoms with Crippen molar-refractivity contribution in [2.45, 2.75) is 50.8 Å². The van der Waals surface area contributed by atoms with Crippen LogP contribution in [0.3, 0.4) is 0 Å². The van der Waals surface area contributed by atoms with Crippen LogP contribution in [0.25, 0.3) is 22.0 Å². The molecule has 2 aromatic carbocycles. The number of hydrogen-bond acceptors (Lipinski definition) is 6. The predicted octanol–water partition coefficient (Wildman–Crippen LogP) is 4.12. The minimum absolute atomic E-state index is 0.130. The smallest absolute Gasteiger partial charge is 0.198 e. The highest BCUT2D eigenvalue weighted by molar-refractivity contribution is 7.80. The van der Waals surface area contributed by atoms with E-state index in [-0.39, 0.29) is 11.5 Å². The third-order valence-electron chi connectivity index (χ3n) is 6.90. The van der Waals surface area contributed by atoms with Crippen molar-refractivity contribution in [3.63, 3.8) is 0 Å². The molecule has 0 bridgehead atoms. The number of amidine groups is 1. The fraction of sp³-hybridized carbons (Fsp3) is 0.308. The zero-order valence-corrected chi connectivity index (χ0v) is 20.0. The van der Waals surface area contributed by atoms with Gasteiger partial charge in [-0.15, -0.1) is 0 Å². The van der Waals surface area contributed by atoms with Crippen molar-refractivity contribution < 1.29 is 9.52 Å². The molecular weight excluding hydrogens is 462 g/mol. The minimum Gasteiger partial charge on any atom is -0.464 e. The lowest BCUT2D eigenvalue weighted by Crippen LogP contribution is -2.34. The average Bonchev–Trinajstić information content (AvgIpc) is 3.44. The SMILES string of the molecule is Cc1ccc2occ(C3C(=NC4CCCCC4O)NC(=S)N3c3ccc4[nH]cnc4c3)c(=O)c2c1. The van der Waals surface area contributed by atoms with Crippen molar-refractivity contribution >= 4 is 50.9 Å². The van der Waals surface area contributed by atoms with Gasteiger partial charge in [-0.1, -0.05) is 24.5 Å². The van der Waals surface area contributed by atoms with E-state index >= 15 is 0 Å². The van der Waals surface area contributed by atoms with Gasteiger partial charge in [0.15, 0.2) is 10.5 Å². The number of aliphatic imine (C=N–C) groups is 1. The van der Waals surface area contributed by atoms with E-state index in [1.165, 1.54) is 6.26 Å². The van der Waals surface area contributed by atoms with E-state index < -0.39 is 12.1 Å². The van der Waals surface area contributed by atoms with Gasteiger partial charge in [0.25, 0.3) is 0 Å². The van der Waals surface area contributed by atoms with E-state index in [9.17, 15) is 9.90 Å². The third kappa shape index (κ3) is 3.81. The van der Waals surface area contributed by atoms with Crippen LogP contribution in [0.5, 0.6) is 0 Å². The number of nitrogens with zero attached hydrogens (tertiary/aromatic N) is 3. The normalized spacial score (nSPS) is 23.9. The fourth-order valence-electron chi connectivity index (χ4n) is 5.07. The zero-order valence-electron chi connectivity index (χ0n) is 19.2. The van der Waals surface area contributed by atoms with Gasteiger partial charge in [0.05, 0.1) is 40.5 Å². The number of aromatic amines is 1. The molecular formula is C26H25N5O3S. The van der Waals surface area contributed by atoms with Gasteiger partial charge in [-0.25, -0.2) is 4.98 Å². The number of nitrogens with one attached hydrogen (secondary N) is 2. The van der Waals surface area contributed by atoms with Gasteiger partial charge in [-0.3, -0.25) is 9.79 Å². The molecule has 2 aliphatic rings. The van der Waals surface area contributed by atoms with Gasteiger partial charge in [0.1, 0.15) is 23.7 Å². The molecule has 6 rings (SSSR count). The lowest BCUT2D eigenvalue weighted by Gasteiger charge is -2.27. The van der Waals surface area contributed by atoms with E-state index in [0.717, 1.165) is 41.5 Å². The minimum atomic E-state index is -0.616. The zero-order chi connectivity index (χ0) is 24.1. The number of aliphatic hydroxyl groups excluding tert-OH is 1. The number of aliphatic hydroxyl groups is 1. The van der Waals surface area contributed by atoms with Crippen LogP contribution in [-0.2, 0) is 0 Å². The number of H-pyrrole nitrogens is 1. The predicted molar refractivity (Wildman–Crippen MR) is 140 cm³/mol. The molecule has 1 saturated heterocycles. The summed E-state index contributed by atoms with van der Waals surface area (Å²) in [6.07, 6.45) is 6.13. The second-order valence-corrected chi connectivity index (χ2v) is 9.65. The summed E-state index contributed by atoms with van der Waals surface area (Å²) in [4.78, 5) is 28.0. The second-order valence-electron chi connectivity index (χ2n) is 9.26. The highest BCUT2D eigenvalue weighted by atomic mass is 32.1. The van der Waals surface area contributed by atoms with Crippen LogP contribution in [0, 0.1) is 6.92 Å². The Morgan fingerprint density at radius 1 is 1.20 bits per heavy atom. The molecule has 8 nitrogen and oxygen atoms in total. The van der Waals surface area contributed by atoms with Crippen LogP contribution < -0.4 is 15.6 Å². The summed E-state index contributed by atoms with van der Waals surface area (Å²) in [6.45, 7) is 1.94. The molecule has 3 atom stereocenters. The second kappa shape index (κ2) is 8.58. The Balaban J connectivity index is 1.53. The van der Waals surface area contributed by atoms with Crippen molar-refractivity contribution in [2.75, 3.05) is 4.90 Å². The van der Waals surface area contributed by atoms with Crippen molar-refractivity contribution in [3.8, 4) is 0 Å². The number of thiocarbonyl (C=S) groups is 1. The van der Waals surface area contributed by atoms with Crippen LogP contribution in [0.2, 0.25) is 0 Å². The topological polar surface area (TPSA) is 107 Å². The maximum Gasteiger partial charge on any atom is 0.198 e. The van der Waals surface area contributed by atoms with Gasteiger partial charge < -0.3 is 24.7 Å². The standard InChI is InChI=1S/C26H25N5O3S/c1-14-6-9-22-16(10-14)24(33)17(12-34-22)23-25(29-19-4-2-3-5-21(19)32)30-26(35)31(23)15-7-8-18-20(11-15)28-13-27-18/h6-13,19,21,23,32H,2-5H2,1H3,(H,27,28)(H,29,30,35). The number of fused-ring (bicyclic) bond motifs is 2. The first kappa shape index (κ1) is 21.9. The van der Waals surface area contributed by atoms with Crippen LogP contribution in [-0.4, -0.2) is 38.2 Å². The molecule has 178 valence electrons. The molecule has 3 heterocycles. The highest BCUT2D eigenvalue weighted by Gasteiger charge is 2.40. The molecule has 2 fully saturated rings. The summed E-state index contributed by atoms with van der Waals surface area (Å²) in [6, 6.07) is 10.5. The average molecular weight is 488 g/mol. The van der Waals surface area contributed by atoms with Crippen molar-refractivity contribution in [1.29, 1.82) is 0 Å². The summed E-state index contributed by atoms with van der Waals surface area (Å²) in [5.41, 5.74) is 4.29. The van der Waals surface area contributed by atoms with Crippen LogP contribution in [0.1, 0.15) is 42.9 Å². The van der Waals surface area contributed by atoms with E-state index in [0.29, 0.717) is 33.9 Å². The molecule has 0 radical (unpaired) electrons. The summed E-state index contributed by atoms with van der Waals surface area (Å²) >= 11 is 5.75. The third-order valence-corrected chi connectivity index (χ3v) is 7.20. The maximum absolute atomic E-state index is 13.7. The Morgan fingerprint density at radius 2 is 2.06 bits per heavy atom. The number of hydrogen-bond donors (Lipinski definition) is 3. The monoisotopic (exact) mass is 487 g/mol. The first-order valence-corrected chi connectivity index (χ1v) is 12.2. The summed E-state index contributed by atoms with van der Waals surface area (Å²) in [5, 5.41) is 14.8. The van der Waals surface area contributed by atoms with E-state index in [1.54, 1.807) is 6.33 Å². The number of imidazole rings is 1. The molecule has 0 spiro atoms. The quantitative estimate of drug-likeness (QED) is 0.373. The number of anilines is 1. The van der Waals surface area contributed by atoms with Crippen LogP contribution in [0.15, 0.2) is 63.2 Å². The summed E-state index contributed by atoms with van der Waals surface area (Å²) < 4.78 is 5.91. The van der Waals surface area contributed by atoms with Crippen molar-refractivity contribution in [2.24, 2.45) is 4.99 Å². The molecule has 2 aromatic heterocycles. The maximum atomic E-state index is 13.7. The van der Waals surface area contributed by atoms with Gasteiger partial charge in [-0.2, -0.15) is 0 Å². The van der Waals surface area contributed by atoms with Crippen LogP contribution in [0.4, 0.5) is 5.69 Å². The van der Waals surface area contributed by atoms with E-state index in [4.69, 9.17) is 21.6 Å². The molecule has 1 aliphatic heterocycles. The Hall–Kier alpha value is -3.56. The lowest BCUT2D eigenvalue weighted by atomic mass is 9.93. The summed E-state index contributed by atoms with van der Waals surface area (Å²) in [5.74, 6) is 0.544. The molecule has 9 heteroatoms. The van der Waals surface area contributed by atoms with E-state index in [1.807, 2.05) is 48.2 Å². The molecule has 3 unspecified atom stereocenters. The molecule has 1 saturated carbocycles.